The number of para-hydroxylation sites is 1. The van der Waals surface area contributed by atoms with Crippen molar-refractivity contribution in [1.82, 2.24) is 4.90 Å². The third-order valence-electron chi connectivity index (χ3n) is 5.37. The third kappa shape index (κ3) is 4.44. The van der Waals surface area contributed by atoms with Crippen LogP contribution in [0.3, 0.4) is 0 Å². The normalized spacial score (nSPS) is 14.2. The molecule has 2 aromatic rings. The average molecular weight is 379 g/mol. The van der Waals surface area contributed by atoms with E-state index in [0.717, 1.165) is 35.3 Å². The van der Waals surface area contributed by atoms with E-state index in [-0.39, 0.29) is 11.8 Å². The van der Waals surface area contributed by atoms with Crippen molar-refractivity contribution >= 4 is 17.5 Å². The molecule has 1 aliphatic heterocycles. The van der Waals surface area contributed by atoms with Crippen LogP contribution in [0, 0.1) is 0 Å². The number of hydrogen-bond donors (Lipinski definition) is 1. The Bertz CT molecular complexity index is 827. The Morgan fingerprint density at radius 1 is 1.00 bits per heavy atom. The highest BCUT2D eigenvalue weighted by Crippen LogP contribution is 2.32. The fraction of sp³-hybridized carbons (Fsp3) is 0.417. The molecule has 0 unspecified atom stereocenters. The Morgan fingerprint density at radius 2 is 1.61 bits per heavy atom. The zero-order valence-electron chi connectivity index (χ0n) is 17.3. The zero-order chi connectivity index (χ0) is 20.3. The predicted octanol–water partition coefficient (Wildman–Crippen LogP) is 5.31. The van der Waals surface area contributed by atoms with E-state index >= 15 is 0 Å². The number of amides is 2. The van der Waals surface area contributed by atoms with E-state index in [0.29, 0.717) is 30.4 Å². The summed E-state index contributed by atoms with van der Waals surface area (Å²) < 4.78 is 0. The molecule has 1 N–H and O–H groups in total. The van der Waals surface area contributed by atoms with Gasteiger partial charge in [0.15, 0.2) is 0 Å². The lowest BCUT2D eigenvalue weighted by Gasteiger charge is -2.20. The van der Waals surface area contributed by atoms with E-state index in [2.05, 4.69) is 51.2 Å². The first-order valence-electron chi connectivity index (χ1n) is 10.2. The number of carbonyl (C=O) groups excluding carboxylic acids is 2. The fourth-order valence-corrected chi connectivity index (χ4v) is 3.73. The van der Waals surface area contributed by atoms with Crippen molar-refractivity contribution in [3.63, 3.8) is 0 Å². The zero-order valence-corrected chi connectivity index (χ0v) is 17.3. The van der Waals surface area contributed by atoms with Crippen LogP contribution in [0.25, 0.3) is 0 Å². The highest BCUT2D eigenvalue weighted by molar-refractivity contribution is 6.05. The van der Waals surface area contributed by atoms with Crippen molar-refractivity contribution in [2.75, 3.05) is 11.9 Å². The number of nitrogens with one attached hydrogen (secondary N) is 1. The van der Waals surface area contributed by atoms with E-state index in [9.17, 15) is 9.59 Å². The largest absolute Gasteiger partial charge is 0.338 e. The van der Waals surface area contributed by atoms with Crippen LogP contribution in [0.5, 0.6) is 0 Å². The summed E-state index contributed by atoms with van der Waals surface area (Å²) in [5, 5.41) is 3.15. The molecule has 2 amide bonds. The topological polar surface area (TPSA) is 49.4 Å². The first-order valence-corrected chi connectivity index (χ1v) is 10.2. The number of nitrogens with zero attached hydrogens (tertiary/aromatic N) is 1. The molecule has 148 valence electrons. The lowest BCUT2D eigenvalue weighted by molar-refractivity contribution is -0.128. The van der Waals surface area contributed by atoms with Crippen LogP contribution in [0.4, 0.5) is 5.69 Å². The van der Waals surface area contributed by atoms with Crippen molar-refractivity contribution in [3.8, 4) is 0 Å². The second kappa shape index (κ2) is 8.59. The maximum absolute atomic E-state index is 12.9. The van der Waals surface area contributed by atoms with E-state index in [1.54, 1.807) is 0 Å². The van der Waals surface area contributed by atoms with Crippen LogP contribution < -0.4 is 5.32 Å². The minimum atomic E-state index is -0.0983. The number of carbonyl (C=O) groups is 2. The van der Waals surface area contributed by atoms with E-state index in [1.165, 1.54) is 0 Å². The maximum atomic E-state index is 12.9. The number of likely N-dealkylation sites (tertiary alicyclic amines) is 1. The van der Waals surface area contributed by atoms with Gasteiger partial charge in [-0.25, -0.2) is 0 Å². The van der Waals surface area contributed by atoms with Gasteiger partial charge >= 0.3 is 0 Å². The summed E-state index contributed by atoms with van der Waals surface area (Å²) in [6.07, 6.45) is 1.58. The lowest BCUT2D eigenvalue weighted by atomic mass is 9.92. The molecule has 2 aromatic carbocycles. The molecule has 1 aliphatic rings. The van der Waals surface area contributed by atoms with E-state index < -0.39 is 0 Å². The fourth-order valence-electron chi connectivity index (χ4n) is 3.73. The second-order valence-electron chi connectivity index (χ2n) is 8.19. The summed E-state index contributed by atoms with van der Waals surface area (Å²) in [5.74, 6) is 0.774. The maximum Gasteiger partial charge on any atom is 0.255 e. The van der Waals surface area contributed by atoms with Crippen molar-refractivity contribution in [2.45, 2.75) is 58.9 Å². The number of benzene rings is 2. The Kier molecular flexibility index (Phi) is 6.18. The lowest BCUT2D eigenvalue weighted by Crippen LogP contribution is -2.23. The molecule has 0 aliphatic carbocycles. The van der Waals surface area contributed by atoms with Gasteiger partial charge in [-0.2, -0.15) is 0 Å². The molecule has 1 fully saturated rings. The van der Waals surface area contributed by atoms with Crippen LogP contribution in [-0.4, -0.2) is 23.3 Å². The first-order chi connectivity index (χ1) is 13.4. The van der Waals surface area contributed by atoms with Crippen LogP contribution in [0.2, 0.25) is 0 Å². The summed E-state index contributed by atoms with van der Waals surface area (Å²) in [6.45, 7) is 10.0. The van der Waals surface area contributed by atoms with Crippen molar-refractivity contribution < 1.29 is 9.59 Å². The van der Waals surface area contributed by atoms with Gasteiger partial charge in [0.25, 0.3) is 5.91 Å². The van der Waals surface area contributed by atoms with E-state index in [4.69, 9.17) is 0 Å². The molecule has 0 atom stereocenters. The monoisotopic (exact) mass is 378 g/mol. The second-order valence-corrected chi connectivity index (χ2v) is 8.19. The van der Waals surface area contributed by atoms with Gasteiger partial charge in [-0.15, -0.1) is 0 Å². The van der Waals surface area contributed by atoms with Gasteiger partial charge in [0.05, 0.1) is 0 Å². The van der Waals surface area contributed by atoms with Gasteiger partial charge in [-0.05, 0) is 47.1 Å². The highest BCUT2D eigenvalue weighted by atomic mass is 16.2. The molecule has 0 radical (unpaired) electrons. The van der Waals surface area contributed by atoms with Gasteiger partial charge in [-0.1, -0.05) is 58.0 Å². The van der Waals surface area contributed by atoms with Crippen LogP contribution in [-0.2, 0) is 11.3 Å². The first kappa shape index (κ1) is 20.1. The van der Waals surface area contributed by atoms with Crippen LogP contribution in [0.15, 0.2) is 42.5 Å². The number of rotatable bonds is 6. The molecule has 0 saturated carbocycles. The molecule has 3 rings (SSSR count). The smallest absolute Gasteiger partial charge is 0.255 e. The Morgan fingerprint density at radius 3 is 2.11 bits per heavy atom. The summed E-state index contributed by atoms with van der Waals surface area (Å²) >= 11 is 0. The SMILES string of the molecule is CC(C)c1cccc(C(C)C)c1NC(=O)c1ccc(CN2CCCC2=O)cc1. The number of anilines is 1. The minimum Gasteiger partial charge on any atom is -0.338 e. The number of hydrogen-bond acceptors (Lipinski definition) is 2. The van der Waals surface area contributed by atoms with Crippen LogP contribution >= 0.6 is 0 Å². The van der Waals surface area contributed by atoms with Crippen LogP contribution in [0.1, 0.15) is 79.4 Å². The molecule has 4 heteroatoms. The highest BCUT2D eigenvalue weighted by Gasteiger charge is 2.20. The molecule has 4 nitrogen and oxygen atoms in total. The molecule has 0 aromatic heterocycles. The van der Waals surface area contributed by atoms with Crippen molar-refractivity contribution in [2.24, 2.45) is 0 Å². The van der Waals surface area contributed by atoms with Gasteiger partial charge in [0, 0.05) is 30.8 Å². The molecule has 0 spiro atoms. The average Bonchev–Trinajstić information content (AvgIpc) is 3.06. The summed E-state index contributed by atoms with van der Waals surface area (Å²) in [6, 6.07) is 13.8. The Balaban J connectivity index is 1.77. The van der Waals surface area contributed by atoms with Crippen molar-refractivity contribution in [1.29, 1.82) is 0 Å². The van der Waals surface area contributed by atoms with Gasteiger partial charge in [0.2, 0.25) is 5.91 Å². The van der Waals surface area contributed by atoms with Crippen molar-refractivity contribution in [3.05, 3.63) is 64.7 Å². The molecule has 1 saturated heterocycles. The standard InChI is InChI=1S/C24H30N2O2/c1-16(2)20-7-5-8-21(17(3)4)23(20)25-24(28)19-12-10-18(11-13-19)15-26-14-6-9-22(26)27/h5,7-8,10-13,16-17H,6,9,14-15H2,1-4H3,(H,25,28). The summed E-state index contributed by atoms with van der Waals surface area (Å²) in [4.78, 5) is 26.6. The molecular weight excluding hydrogens is 348 g/mol. The van der Waals surface area contributed by atoms with E-state index in [1.807, 2.05) is 29.2 Å². The van der Waals surface area contributed by atoms with Gasteiger partial charge < -0.3 is 10.2 Å². The quantitative estimate of drug-likeness (QED) is 0.741. The molecule has 1 heterocycles. The summed E-state index contributed by atoms with van der Waals surface area (Å²) in [7, 11) is 0. The third-order valence-corrected chi connectivity index (χ3v) is 5.37. The summed E-state index contributed by atoms with van der Waals surface area (Å²) in [5.41, 5.74) is 4.93. The predicted molar refractivity (Wildman–Crippen MR) is 114 cm³/mol. The Labute approximate surface area is 167 Å². The molecule has 28 heavy (non-hydrogen) atoms. The van der Waals surface area contributed by atoms with Gasteiger partial charge in [-0.3, -0.25) is 9.59 Å². The molecular formula is C24H30N2O2. The molecule has 0 bridgehead atoms. The Hall–Kier alpha value is -2.62. The minimum absolute atomic E-state index is 0.0983. The van der Waals surface area contributed by atoms with Gasteiger partial charge in [0.1, 0.15) is 0 Å².